The smallest absolute Gasteiger partial charge is 0.333 e. The molecule has 0 fully saturated rings. The summed E-state index contributed by atoms with van der Waals surface area (Å²) in [4.78, 5) is 57.8. The van der Waals surface area contributed by atoms with E-state index in [1.807, 2.05) is 0 Å². The van der Waals surface area contributed by atoms with Gasteiger partial charge in [0.1, 0.15) is 11.4 Å². The molecule has 5 N–H and O–H groups in total. The maximum Gasteiger partial charge on any atom is 0.333 e. The first kappa shape index (κ1) is 29.5. The number of esters is 1. The number of hydrogen-bond donors (Lipinski definition) is 4. The summed E-state index contributed by atoms with van der Waals surface area (Å²) in [5.74, 6) is -2.40. The first-order valence-electron chi connectivity index (χ1n) is 11.3. The molecule has 1 unspecified atom stereocenters. The zero-order valence-corrected chi connectivity index (χ0v) is 23.3. The minimum Gasteiger partial charge on any atom is -0.458 e. The molecule has 4 amide bonds. The van der Waals surface area contributed by atoms with E-state index in [9.17, 15) is 19.2 Å². The summed E-state index contributed by atoms with van der Waals surface area (Å²) in [7, 11) is 0. The van der Waals surface area contributed by atoms with Crippen LogP contribution >= 0.6 is 27.5 Å². The zero-order valence-electron chi connectivity index (χ0n) is 21.0. The van der Waals surface area contributed by atoms with E-state index < -0.39 is 35.5 Å². The van der Waals surface area contributed by atoms with Crippen LogP contribution in [0.1, 0.15) is 31.1 Å². The molecule has 14 heteroatoms. The Balaban J connectivity index is 1.62. The Hall–Kier alpha value is -4.07. The summed E-state index contributed by atoms with van der Waals surface area (Å²) in [6.07, 6.45) is 3.01. The van der Waals surface area contributed by atoms with Crippen molar-refractivity contribution in [2.75, 3.05) is 10.6 Å². The Labute approximate surface area is 236 Å². The second-order valence-electron chi connectivity index (χ2n) is 8.89. The number of benzene rings is 2. The highest BCUT2D eigenvalue weighted by Crippen LogP contribution is 2.30. The van der Waals surface area contributed by atoms with Crippen molar-refractivity contribution in [3.63, 3.8) is 0 Å². The third-order valence-electron chi connectivity index (χ3n) is 4.59. The molecule has 1 heterocycles. The van der Waals surface area contributed by atoms with Crippen LogP contribution in [0.25, 0.3) is 0 Å². The van der Waals surface area contributed by atoms with Crippen molar-refractivity contribution < 1.29 is 28.7 Å². The monoisotopic (exact) mass is 618 g/mol. The topological polar surface area (TPSA) is 175 Å². The lowest BCUT2D eigenvalue weighted by Gasteiger charge is -2.22. The predicted octanol–water partition coefficient (Wildman–Crippen LogP) is 4.25. The Kier molecular flexibility index (Phi) is 9.56. The van der Waals surface area contributed by atoms with E-state index in [0.29, 0.717) is 4.47 Å². The number of aromatic nitrogens is 2. The molecule has 204 valence electrons. The van der Waals surface area contributed by atoms with Gasteiger partial charge in [-0.25, -0.2) is 19.6 Å². The van der Waals surface area contributed by atoms with Crippen LogP contribution in [0.5, 0.6) is 11.8 Å². The van der Waals surface area contributed by atoms with Crippen LogP contribution in [-0.4, -0.2) is 45.4 Å². The molecule has 39 heavy (non-hydrogen) atoms. The number of amides is 4. The van der Waals surface area contributed by atoms with Gasteiger partial charge in [0.05, 0.1) is 20.7 Å². The van der Waals surface area contributed by atoms with Gasteiger partial charge in [-0.2, -0.15) is 0 Å². The number of nitrogens with two attached hydrogens (primary N) is 1. The number of hydrogen-bond acceptors (Lipinski definition) is 9. The number of halogens is 2. The second kappa shape index (κ2) is 12.7. The highest BCUT2D eigenvalue weighted by molar-refractivity contribution is 9.10. The van der Waals surface area contributed by atoms with E-state index >= 15 is 0 Å². The SMILES string of the molecule is CC(C)(C)OC(=O)C(N)C(=O)Nc1ccccc1C(=O)NC(=O)Nc1ccc(Oc2ncc(Br)cn2)c(Cl)c1. The number of carbonyl (C=O) groups is 4. The molecule has 3 aromatic rings. The average Bonchev–Trinajstić information content (AvgIpc) is 2.85. The number of rotatable bonds is 7. The summed E-state index contributed by atoms with van der Waals surface area (Å²) in [5.41, 5.74) is 5.11. The lowest BCUT2D eigenvalue weighted by Crippen LogP contribution is -2.46. The van der Waals surface area contributed by atoms with Gasteiger partial charge in [-0.05, 0) is 67.0 Å². The molecule has 0 aliphatic carbocycles. The summed E-state index contributed by atoms with van der Waals surface area (Å²) in [6, 6.07) is 7.85. The summed E-state index contributed by atoms with van der Waals surface area (Å²) < 4.78 is 11.3. The lowest BCUT2D eigenvalue weighted by molar-refractivity contribution is -0.157. The molecule has 1 atom stereocenters. The second-order valence-corrected chi connectivity index (χ2v) is 10.2. The zero-order chi connectivity index (χ0) is 28.7. The molecular formula is C25H24BrClN6O6. The van der Waals surface area contributed by atoms with E-state index in [2.05, 4.69) is 41.8 Å². The minimum absolute atomic E-state index is 0.0338. The Morgan fingerprint density at radius 1 is 1.03 bits per heavy atom. The maximum absolute atomic E-state index is 12.8. The molecule has 0 spiro atoms. The number of nitrogens with one attached hydrogen (secondary N) is 3. The number of imide groups is 1. The molecular weight excluding hydrogens is 596 g/mol. The molecule has 0 saturated carbocycles. The minimum atomic E-state index is -1.63. The van der Waals surface area contributed by atoms with Crippen molar-refractivity contribution in [1.82, 2.24) is 15.3 Å². The van der Waals surface area contributed by atoms with Crippen LogP contribution in [-0.2, 0) is 14.3 Å². The maximum atomic E-state index is 12.8. The Bertz CT molecular complexity index is 1400. The van der Waals surface area contributed by atoms with Crippen LogP contribution in [0.4, 0.5) is 16.2 Å². The molecule has 3 rings (SSSR count). The third-order valence-corrected chi connectivity index (χ3v) is 5.29. The number of carbonyl (C=O) groups excluding carboxylic acids is 4. The predicted molar refractivity (Wildman–Crippen MR) is 147 cm³/mol. The molecule has 0 radical (unpaired) electrons. The van der Waals surface area contributed by atoms with Gasteiger partial charge in [-0.3, -0.25) is 14.9 Å². The third kappa shape index (κ3) is 8.74. The van der Waals surface area contributed by atoms with E-state index in [-0.39, 0.29) is 33.7 Å². The van der Waals surface area contributed by atoms with E-state index in [1.54, 1.807) is 26.8 Å². The van der Waals surface area contributed by atoms with Gasteiger partial charge < -0.3 is 25.8 Å². The molecule has 1 aromatic heterocycles. The normalized spacial score (nSPS) is 11.6. The highest BCUT2D eigenvalue weighted by Gasteiger charge is 2.28. The lowest BCUT2D eigenvalue weighted by atomic mass is 10.1. The van der Waals surface area contributed by atoms with Crippen molar-refractivity contribution in [1.29, 1.82) is 0 Å². The van der Waals surface area contributed by atoms with E-state index in [1.165, 1.54) is 48.8 Å². The molecule has 2 aromatic carbocycles. The largest absolute Gasteiger partial charge is 0.458 e. The standard InChI is InChI=1S/C25H24BrClN6O6/c1-25(2,3)39-22(36)19(28)21(35)32-17-7-5-4-6-15(17)20(34)33-23(37)31-14-8-9-18(16(27)10-14)38-24-29-11-13(26)12-30-24/h4-12,19H,28H2,1-3H3,(H,32,35)(H2,31,33,34,37). The van der Waals surface area contributed by atoms with Gasteiger partial charge in [0.15, 0.2) is 6.04 Å². The average molecular weight is 620 g/mol. The fourth-order valence-electron chi connectivity index (χ4n) is 2.92. The first-order valence-corrected chi connectivity index (χ1v) is 12.4. The quantitative estimate of drug-likeness (QED) is 0.222. The van der Waals surface area contributed by atoms with E-state index in [0.717, 1.165) is 0 Å². The number of nitrogens with zero attached hydrogens (tertiary/aromatic N) is 2. The van der Waals surface area contributed by atoms with Crippen LogP contribution < -0.4 is 26.4 Å². The fraction of sp³-hybridized carbons (Fsp3) is 0.200. The summed E-state index contributed by atoms with van der Waals surface area (Å²) >= 11 is 9.46. The van der Waals surface area contributed by atoms with Crippen LogP contribution in [0.3, 0.4) is 0 Å². The van der Waals surface area contributed by atoms with Crippen molar-refractivity contribution in [2.45, 2.75) is 32.4 Å². The van der Waals surface area contributed by atoms with Crippen LogP contribution in [0.15, 0.2) is 59.3 Å². The van der Waals surface area contributed by atoms with Gasteiger partial charge in [-0.15, -0.1) is 0 Å². The van der Waals surface area contributed by atoms with Gasteiger partial charge in [-0.1, -0.05) is 23.7 Å². The van der Waals surface area contributed by atoms with Crippen molar-refractivity contribution >= 4 is 62.7 Å². The number of urea groups is 1. The fourth-order valence-corrected chi connectivity index (χ4v) is 3.34. The summed E-state index contributed by atoms with van der Waals surface area (Å²) in [6.45, 7) is 4.90. The van der Waals surface area contributed by atoms with Crippen molar-refractivity contribution in [3.8, 4) is 11.8 Å². The van der Waals surface area contributed by atoms with Crippen molar-refractivity contribution in [2.24, 2.45) is 5.73 Å². The van der Waals surface area contributed by atoms with Gasteiger partial charge in [0.25, 0.3) is 11.8 Å². The van der Waals surface area contributed by atoms with Crippen molar-refractivity contribution in [3.05, 3.63) is 69.9 Å². The molecule has 0 bridgehead atoms. The Morgan fingerprint density at radius 2 is 1.69 bits per heavy atom. The Morgan fingerprint density at radius 3 is 2.33 bits per heavy atom. The number of para-hydroxylation sites is 1. The van der Waals surface area contributed by atoms with Gasteiger partial charge in [0.2, 0.25) is 0 Å². The van der Waals surface area contributed by atoms with E-state index in [4.69, 9.17) is 26.8 Å². The van der Waals surface area contributed by atoms with Crippen LogP contribution in [0, 0.1) is 0 Å². The number of anilines is 2. The molecule has 0 saturated heterocycles. The van der Waals surface area contributed by atoms with Gasteiger partial charge in [0, 0.05) is 18.1 Å². The van der Waals surface area contributed by atoms with Gasteiger partial charge >= 0.3 is 18.0 Å². The molecule has 12 nitrogen and oxygen atoms in total. The molecule has 0 aliphatic heterocycles. The summed E-state index contributed by atoms with van der Waals surface area (Å²) in [5, 5.41) is 7.21. The first-order chi connectivity index (χ1) is 18.3. The van der Waals surface area contributed by atoms with Crippen LogP contribution in [0.2, 0.25) is 5.02 Å². The number of ether oxygens (including phenoxy) is 2. The highest BCUT2D eigenvalue weighted by atomic mass is 79.9. The molecule has 0 aliphatic rings.